The van der Waals surface area contributed by atoms with Crippen molar-refractivity contribution in [1.82, 2.24) is 9.97 Å². The fourth-order valence-corrected chi connectivity index (χ4v) is 2.70. The Labute approximate surface area is 131 Å². The summed E-state index contributed by atoms with van der Waals surface area (Å²) in [5.41, 5.74) is 1.18. The molecule has 0 unspecified atom stereocenters. The smallest absolute Gasteiger partial charge is 0.265 e. The molecule has 1 N–H and O–H groups in total. The minimum absolute atomic E-state index is 0.210. The molecule has 0 bridgehead atoms. The maximum atomic E-state index is 11.8. The van der Waals surface area contributed by atoms with Crippen LogP contribution in [0.3, 0.4) is 0 Å². The average Bonchev–Trinajstić information content (AvgIpc) is 2.44. The van der Waals surface area contributed by atoms with Crippen molar-refractivity contribution >= 4 is 31.9 Å². The van der Waals surface area contributed by atoms with E-state index in [0.717, 1.165) is 10.0 Å². The predicted molar refractivity (Wildman–Crippen MR) is 81.4 cm³/mol. The van der Waals surface area contributed by atoms with Gasteiger partial charge in [0.1, 0.15) is 23.5 Å². The summed E-state index contributed by atoms with van der Waals surface area (Å²) in [4.78, 5) is 18.9. The fourth-order valence-electron chi connectivity index (χ4n) is 1.96. The zero-order valence-electron chi connectivity index (χ0n) is 10.5. The van der Waals surface area contributed by atoms with Gasteiger partial charge in [0.05, 0.1) is 10.2 Å². The Balaban J connectivity index is 2.16. The molecule has 0 atom stereocenters. The van der Waals surface area contributed by atoms with Gasteiger partial charge in [0.25, 0.3) is 5.56 Å². The third-order valence-electron chi connectivity index (χ3n) is 2.90. The molecule has 2 heterocycles. The van der Waals surface area contributed by atoms with Gasteiger partial charge in [-0.25, -0.2) is 4.98 Å². The van der Waals surface area contributed by atoms with Crippen LogP contribution in [0, 0.1) is 6.92 Å². The maximum Gasteiger partial charge on any atom is 0.265 e. The lowest BCUT2D eigenvalue weighted by Crippen LogP contribution is -2.16. The number of fused-ring (bicyclic) bond motifs is 1. The van der Waals surface area contributed by atoms with Gasteiger partial charge < -0.3 is 14.5 Å². The summed E-state index contributed by atoms with van der Waals surface area (Å²) in [5, 5.41) is 0. The molecule has 0 saturated heterocycles. The number of ether oxygens (including phenoxy) is 2. The molecule has 3 rings (SSSR count). The van der Waals surface area contributed by atoms with E-state index in [4.69, 9.17) is 9.47 Å². The van der Waals surface area contributed by atoms with E-state index in [0.29, 0.717) is 40.7 Å². The Morgan fingerprint density at radius 3 is 2.75 bits per heavy atom. The molecule has 0 fully saturated rings. The van der Waals surface area contributed by atoms with Crippen LogP contribution < -0.4 is 15.0 Å². The third-order valence-corrected chi connectivity index (χ3v) is 4.42. The van der Waals surface area contributed by atoms with Crippen molar-refractivity contribution in [2.75, 3.05) is 13.2 Å². The van der Waals surface area contributed by atoms with Crippen molar-refractivity contribution in [3.63, 3.8) is 0 Å². The largest absolute Gasteiger partial charge is 0.486 e. The number of halogens is 2. The van der Waals surface area contributed by atoms with Crippen LogP contribution in [0.25, 0.3) is 11.4 Å². The molecule has 2 aromatic rings. The Morgan fingerprint density at radius 1 is 1.25 bits per heavy atom. The van der Waals surface area contributed by atoms with Gasteiger partial charge in [0.15, 0.2) is 11.5 Å². The summed E-state index contributed by atoms with van der Waals surface area (Å²) in [7, 11) is 0. The quantitative estimate of drug-likeness (QED) is 0.797. The number of hydrogen-bond donors (Lipinski definition) is 1. The number of aryl methyl sites for hydroxylation is 1. The van der Waals surface area contributed by atoms with Crippen LogP contribution in [0.15, 0.2) is 25.9 Å². The molecule has 20 heavy (non-hydrogen) atoms. The summed E-state index contributed by atoms with van der Waals surface area (Å²) >= 11 is 6.65. The zero-order chi connectivity index (χ0) is 14.3. The first-order chi connectivity index (χ1) is 9.56. The van der Waals surface area contributed by atoms with Crippen molar-refractivity contribution in [3.8, 4) is 22.9 Å². The lowest BCUT2D eigenvalue weighted by Gasteiger charge is -2.20. The summed E-state index contributed by atoms with van der Waals surface area (Å²) in [6, 6.07) is 3.66. The highest BCUT2D eigenvalue weighted by Crippen LogP contribution is 2.40. The molecule has 1 aromatic heterocycles. The van der Waals surface area contributed by atoms with Gasteiger partial charge in [-0.2, -0.15) is 0 Å². The van der Waals surface area contributed by atoms with Crippen LogP contribution in [-0.4, -0.2) is 23.2 Å². The minimum Gasteiger partial charge on any atom is -0.486 e. The number of H-pyrrole nitrogens is 1. The molecule has 1 aliphatic heterocycles. The Morgan fingerprint density at radius 2 is 2.00 bits per heavy atom. The van der Waals surface area contributed by atoms with Crippen LogP contribution in [0.1, 0.15) is 5.69 Å². The first-order valence-corrected chi connectivity index (χ1v) is 7.51. The Kier molecular flexibility index (Phi) is 3.55. The standard InChI is InChI=1S/C13H10Br2N2O3/c1-6-10(15)13(18)17-12(16-6)7-4-8(14)11-9(5-7)19-2-3-20-11/h4-5H,2-3H2,1H3,(H,16,17,18). The molecular formula is C13H10Br2N2O3. The second-order valence-electron chi connectivity index (χ2n) is 4.30. The number of rotatable bonds is 1. The molecular weight excluding hydrogens is 392 g/mol. The normalized spacial score (nSPS) is 13.3. The number of nitrogens with one attached hydrogen (secondary N) is 1. The summed E-state index contributed by atoms with van der Waals surface area (Å²) < 4.78 is 12.3. The maximum absolute atomic E-state index is 11.8. The van der Waals surface area contributed by atoms with Gasteiger partial charge in [0, 0.05) is 5.56 Å². The highest BCUT2D eigenvalue weighted by molar-refractivity contribution is 9.10. The van der Waals surface area contributed by atoms with Crippen molar-refractivity contribution in [1.29, 1.82) is 0 Å². The highest BCUT2D eigenvalue weighted by atomic mass is 79.9. The second-order valence-corrected chi connectivity index (χ2v) is 5.94. The molecule has 1 aromatic carbocycles. The monoisotopic (exact) mass is 400 g/mol. The SMILES string of the molecule is Cc1nc(-c2cc(Br)c3c(c2)OCCO3)[nH]c(=O)c1Br. The van der Waals surface area contributed by atoms with Crippen LogP contribution in [0.4, 0.5) is 0 Å². The first kappa shape index (κ1) is 13.6. The number of hydrogen-bond acceptors (Lipinski definition) is 4. The van der Waals surface area contributed by atoms with Gasteiger partial charge in [-0.15, -0.1) is 0 Å². The van der Waals surface area contributed by atoms with Crippen molar-refractivity contribution in [2.24, 2.45) is 0 Å². The zero-order valence-corrected chi connectivity index (χ0v) is 13.7. The lowest BCUT2D eigenvalue weighted by atomic mass is 10.1. The van der Waals surface area contributed by atoms with E-state index in [1.807, 2.05) is 12.1 Å². The predicted octanol–water partition coefficient (Wildman–Crippen LogP) is 3.04. The fraction of sp³-hybridized carbons (Fsp3) is 0.231. The van der Waals surface area contributed by atoms with E-state index >= 15 is 0 Å². The first-order valence-electron chi connectivity index (χ1n) is 5.92. The molecule has 7 heteroatoms. The molecule has 0 saturated carbocycles. The second kappa shape index (κ2) is 5.21. The Bertz CT molecular complexity index is 743. The molecule has 0 aliphatic carbocycles. The number of benzene rings is 1. The number of aromatic amines is 1. The van der Waals surface area contributed by atoms with E-state index in [1.54, 1.807) is 6.92 Å². The summed E-state index contributed by atoms with van der Waals surface area (Å²) in [5.74, 6) is 1.81. The Hall–Kier alpha value is -1.34. The van der Waals surface area contributed by atoms with Gasteiger partial charge >= 0.3 is 0 Å². The lowest BCUT2D eigenvalue weighted by molar-refractivity contribution is 0.170. The van der Waals surface area contributed by atoms with Crippen LogP contribution in [0.5, 0.6) is 11.5 Å². The molecule has 0 spiro atoms. The van der Waals surface area contributed by atoms with Crippen LogP contribution in [0.2, 0.25) is 0 Å². The van der Waals surface area contributed by atoms with E-state index in [1.165, 1.54) is 0 Å². The minimum atomic E-state index is -0.210. The van der Waals surface area contributed by atoms with Crippen LogP contribution >= 0.6 is 31.9 Å². The third kappa shape index (κ3) is 2.35. The topological polar surface area (TPSA) is 64.2 Å². The summed E-state index contributed by atoms with van der Waals surface area (Å²) in [6.45, 7) is 2.81. The number of aromatic nitrogens is 2. The van der Waals surface area contributed by atoms with E-state index < -0.39 is 0 Å². The van der Waals surface area contributed by atoms with E-state index in [9.17, 15) is 4.79 Å². The molecule has 0 radical (unpaired) electrons. The summed E-state index contributed by atoms with van der Waals surface area (Å²) in [6.07, 6.45) is 0. The van der Waals surface area contributed by atoms with Crippen molar-refractivity contribution in [2.45, 2.75) is 6.92 Å². The van der Waals surface area contributed by atoms with Crippen molar-refractivity contribution < 1.29 is 9.47 Å². The van der Waals surface area contributed by atoms with Gasteiger partial charge in [0.2, 0.25) is 0 Å². The highest BCUT2D eigenvalue weighted by Gasteiger charge is 2.18. The van der Waals surface area contributed by atoms with E-state index in [2.05, 4.69) is 41.8 Å². The average molecular weight is 402 g/mol. The number of nitrogens with zero attached hydrogens (tertiary/aromatic N) is 1. The molecule has 1 aliphatic rings. The van der Waals surface area contributed by atoms with Gasteiger partial charge in [-0.3, -0.25) is 4.79 Å². The van der Waals surface area contributed by atoms with E-state index in [-0.39, 0.29) is 5.56 Å². The van der Waals surface area contributed by atoms with Gasteiger partial charge in [-0.05, 0) is 50.9 Å². The van der Waals surface area contributed by atoms with Gasteiger partial charge in [-0.1, -0.05) is 0 Å². The molecule has 5 nitrogen and oxygen atoms in total. The molecule has 104 valence electrons. The molecule has 0 amide bonds. The van der Waals surface area contributed by atoms with Crippen molar-refractivity contribution in [3.05, 3.63) is 37.1 Å². The van der Waals surface area contributed by atoms with Crippen LogP contribution in [-0.2, 0) is 0 Å².